The van der Waals surface area contributed by atoms with Gasteiger partial charge in [0.25, 0.3) is 0 Å². The van der Waals surface area contributed by atoms with Crippen molar-refractivity contribution in [1.29, 1.82) is 0 Å². The summed E-state index contributed by atoms with van der Waals surface area (Å²) in [4.78, 5) is 4.08. The normalized spacial score (nSPS) is 10.4. The Morgan fingerprint density at radius 3 is 2.39 bits per heavy atom. The summed E-state index contributed by atoms with van der Waals surface area (Å²) in [5, 5.41) is 12.8. The van der Waals surface area contributed by atoms with Crippen LogP contribution in [-0.2, 0) is 0 Å². The van der Waals surface area contributed by atoms with Gasteiger partial charge in [0, 0.05) is 5.69 Å². The predicted molar refractivity (Wildman–Crippen MR) is 79.2 cm³/mol. The van der Waals surface area contributed by atoms with Crippen LogP contribution in [0, 0.1) is 17.5 Å². The number of hydrogen-bond donors (Lipinski definition) is 2. The minimum Gasteiger partial charge on any atom is -0.339 e. The molecular formula is C15H10F3N5. The number of aromatic nitrogens is 3. The smallest absolute Gasteiger partial charge is 0.249 e. The molecule has 0 amide bonds. The Hall–Kier alpha value is -3.16. The maximum Gasteiger partial charge on any atom is 0.249 e. The molecule has 0 aliphatic rings. The third-order valence-corrected chi connectivity index (χ3v) is 2.89. The van der Waals surface area contributed by atoms with Crippen LogP contribution in [0.2, 0.25) is 0 Å². The van der Waals surface area contributed by atoms with Gasteiger partial charge < -0.3 is 10.6 Å². The van der Waals surface area contributed by atoms with Gasteiger partial charge in [-0.2, -0.15) is 10.1 Å². The van der Waals surface area contributed by atoms with Crippen LogP contribution in [-0.4, -0.2) is 15.2 Å². The van der Waals surface area contributed by atoms with Gasteiger partial charge in [0.05, 0.1) is 11.9 Å². The van der Waals surface area contributed by atoms with E-state index in [4.69, 9.17) is 0 Å². The SMILES string of the molecule is Fc1ccc(Nc2nncc(Nc3ccccc3)n2)c(F)c1F. The average molecular weight is 317 g/mol. The van der Waals surface area contributed by atoms with Gasteiger partial charge in [0.15, 0.2) is 23.3 Å². The lowest BCUT2D eigenvalue weighted by atomic mass is 10.3. The van der Waals surface area contributed by atoms with E-state index in [-0.39, 0.29) is 11.6 Å². The van der Waals surface area contributed by atoms with Crippen molar-refractivity contribution in [3.05, 3.63) is 66.1 Å². The number of anilines is 4. The molecule has 3 aromatic rings. The van der Waals surface area contributed by atoms with Gasteiger partial charge in [-0.05, 0) is 24.3 Å². The molecule has 8 heteroatoms. The first kappa shape index (κ1) is 14.8. The molecule has 2 aromatic carbocycles. The molecule has 0 saturated heterocycles. The van der Waals surface area contributed by atoms with E-state index in [0.717, 1.165) is 17.8 Å². The molecule has 2 N–H and O–H groups in total. The molecule has 0 saturated carbocycles. The fraction of sp³-hybridized carbons (Fsp3) is 0. The molecule has 0 radical (unpaired) electrons. The highest BCUT2D eigenvalue weighted by Gasteiger charge is 2.14. The van der Waals surface area contributed by atoms with E-state index < -0.39 is 17.5 Å². The summed E-state index contributed by atoms with van der Waals surface area (Å²) in [6.45, 7) is 0. The third-order valence-electron chi connectivity index (χ3n) is 2.89. The monoisotopic (exact) mass is 317 g/mol. The quantitative estimate of drug-likeness (QED) is 0.717. The maximum absolute atomic E-state index is 13.6. The average Bonchev–Trinajstić information content (AvgIpc) is 2.57. The Labute approximate surface area is 129 Å². The summed E-state index contributed by atoms with van der Waals surface area (Å²) >= 11 is 0. The molecule has 1 heterocycles. The van der Waals surface area contributed by atoms with Crippen molar-refractivity contribution in [3.8, 4) is 0 Å². The van der Waals surface area contributed by atoms with Crippen LogP contribution in [0.4, 0.5) is 36.3 Å². The van der Waals surface area contributed by atoms with E-state index in [1.165, 1.54) is 6.20 Å². The van der Waals surface area contributed by atoms with Crippen molar-refractivity contribution in [2.45, 2.75) is 0 Å². The van der Waals surface area contributed by atoms with E-state index in [0.29, 0.717) is 5.82 Å². The van der Waals surface area contributed by atoms with Crippen molar-refractivity contribution < 1.29 is 13.2 Å². The van der Waals surface area contributed by atoms with Gasteiger partial charge in [-0.25, -0.2) is 13.2 Å². The summed E-state index contributed by atoms with van der Waals surface area (Å²) in [5.41, 5.74) is 0.487. The Kier molecular flexibility index (Phi) is 4.05. The lowest BCUT2D eigenvalue weighted by Gasteiger charge is -2.08. The lowest BCUT2D eigenvalue weighted by molar-refractivity contribution is 0.449. The van der Waals surface area contributed by atoms with Crippen molar-refractivity contribution >= 4 is 23.1 Å². The van der Waals surface area contributed by atoms with Crippen LogP contribution in [0.15, 0.2) is 48.7 Å². The molecule has 0 spiro atoms. The van der Waals surface area contributed by atoms with Gasteiger partial charge in [-0.15, -0.1) is 5.10 Å². The highest BCUT2D eigenvalue weighted by Crippen LogP contribution is 2.22. The summed E-state index contributed by atoms with van der Waals surface area (Å²) in [6, 6.07) is 11.0. The van der Waals surface area contributed by atoms with Crippen LogP contribution in [0.1, 0.15) is 0 Å². The maximum atomic E-state index is 13.6. The van der Waals surface area contributed by atoms with Crippen LogP contribution >= 0.6 is 0 Å². The van der Waals surface area contributed by atoms with E-state index >= 15 is 0 Å². The van der Waals surface area contributed by atoms with E-state index in [1.807, 2.05) is 30.3 Å². The zero-order valence-electron chi connectivity index (χ0n) is 11.6. The van der Waals surface area contributed by atoms with E-state index in [2.05, 4.69) is 25.8 Å². The van der Waals surface area contributed by atoms with Crippen LogP contribution in [0.5, 0.6) is 0 Å². The second-order valence-corrected chi connectivity index (χ2v) is 4.50. The predicted octanol–water partition coefficient (Wildman–Crippen LogP) is 3.78. The molecule has 116 valence electrons. The molecule has 0 atom stereocenters. The molecule has 3 rings (SSSR count). The number of halogens is 3. The molecule has 1 aromatic heterocycles. The summed E-state index contributed by atoms with van der Waals surface area (Å²) in [7, 11) is 0. The molecule has 5 nitrogen and oxygen atoms in total. The third kappa shape index (κ3) is 3.37. The number of hydrogen-bond acceptors (Lipinski definition) is 5. The second kappa shape index (κ2) is 6.30. The number of nitrogens with one attached hydrogen (secondary N) is 2. The summed E-state index contributed by atoms with van der Waals surface area (Å²) in [5.74, 6) is -3.89. The number of benzene rings is 2. The van der Waals surface area contributed by atoms with Gasteiger partial charge >= 0.3 is 0 Å². The van der Waals surface area contributed by atoms with Crippen molar-refractivity contribution in [3.63, 3.8) is 0 Å². The molecule has 23 heavy (non-hydrogen) atoms. The highest BCUT2D eigenvalue weighted by molar-refractivity contribution is 5.58. The van der Waals surface area contributed by atoms with Crippen molar-refractivity contribution in [2.75, 3.05) is 10.6 Å². The van der Waals surface area contributed by atoms with Gasteiger partial charge in [0.2, 0.25) is 5.95 Å². The topological polar surface area (TPSA) is 62.7 Å². The molecule has 0 bridgehead atoms. The first-order chi connectivity index (χ1) is 11.1. The number of rotatable bonds is 4. The second-order valence-electron chi connectivity index (χ2n) is 4.50. The Balaban J connectivity index is 1.82. The largest absolute Gasteiger partial charge is 0.339 e. The molecular weight excluding hydrogens is 307 g/mol. The van der Waals surface area contributed by atoms with Crippen LogP contribution in [0.3, 0.4) is 0 Å². The van der Waals surface area contributed by atoms with E-state index in [9.17, 15) is 13.2 Å². The van der Waals surface area contributed by atoms with Crippen LogP contribution in [0.25, 0.3) is 0 Å². The van der Waals surface area contributed by atoms with Crippen molar-refractivity contribution in [2.24, 2.45) is 0 Å². The van der Waals surface area contributed by atoms with Gasteiger partial charge in [-0.3, -0.25) is 0 Å². The van der Waals surface area contributed by atoms with Gasteiger partial charge in [-0.1, -0.05) is 18.2 Å². The summed E-state index contributed by atoms with van der Waals surface area (Å²) in [6.07, 6.45) is 1.37. The minimum absolute atomic E-state index is 0.0594. The highest BCUT2D eigenvalue weighted by atomic mass is 19.2. The Morgan fingerprint density at radius 2 is 1.61 bits per heavy atom. The standard InChI is InChI=1S/C15H10F3N5/c16-10-6-7-11(14(18)13(10)17)21-15-22-12(8-19-23-15)20-9-4-2-1-3-5-9/h1-8H,(H2,20,21,22,23). The molecule has 0 unspecified atom stereocenters. The fourth-order valence-electron chi connectivity index (χ4n) is 1.83. The Bertz CT molecular complexity index is 827. The molecule has 0 aliphatic heterocycles. The number of para-hydroxylation sites is 1. The number of nitrogens with zero attached hydrogens (tertiary/aromatic N) is 3. The fourth-order valence-corrected chi connectivity index (χ4v) is 1.83. The first-order valence-electron chi connectivity index (χ1n) is 6.56. The first-order valence-corrected chi connectivity index (χ1v) is 6.56. The lowest BCUT2D eigenvalue weighted by Crippen LogP contribution is -2.04. The zero-order valence-corrected chi connectivity index (χ0v) is 11.6. The molecule has 0 aliphatic carbocycles. The Morgan fingerprint density at radius 1 is 0.826 bits per heavy atom. The molecule has 0 fully saturated rings. The van der Waals surface area contributed by atoms with Crippen LogP contribution < -0.4 is 10.6 Å². The zero-order chi connectivity index (χ0) is 16.2. The van der Waals surface area contributed by atoms with Crippen molar-refractivity contribution in [1.82, 2.24) is 15.2 Å². The minimum atomic E-state index is -1.57. The van der Waals surface area contributed by atoms with E-state index in [1.54, 1.807) is 0 Å². The van der Waals surface area contributed by atoms with Gasteiger partial charge in [0.1, 0.15) is 0 Å². The summed E-state index contributed by atoms with van der Waals surface area (Å²) < 4.78 is 39.7.